The summed E-state index contributed by atoms with van der Waals surface area (Å²) >= 11 is 0. The van der Waals surface area contributed by atoms with Crippen molar-refractivity contribution in [3.05, 3.63) is 0 Å². The molecular weight excluding hydrogens is 210 g/mol. The minimum absolute atomic E-state index is 0.132. The van der Waals surface area contributed by atoms with Crippen LogP contribution in [0.3, 0.4) is 0 Å². The van der Waals surface area contributed by atoms with E-state index in [-0.39, 0.29) is 5.54 Å². The van der Waals surface area contributed by atoms with E-state index in [1.165, 1.54) is 25.7 Å². The summed E-state index contributed by atoms with van der Waals surface area (Å²) in [5.41, 5.74) is -0.132. The summed E-state index contributed by atoms with van der Waals surface area (Å²) in [5.74, 6) is 2.09. The first-order valence-corrected chi connectivity index (χ1v) is 7.25. The fourth-order valence-corrected chi connectivity index (χ4v) is 3.41. The first-order valence-electron chi connectivity index (χ1n) is 7.25. The molecule has 17 heavy (non-hydrogen) atoms. The maximum Gasteiger partial charge on any atom is 0.153 e. The van der Waals surface area contributed by atoms with Gasteiger partial charge in [-0.15, -0.1) is 0 Å². The van der Waals surface area contributed by atoms with Crippen molar-refractivity contribution in [3.63, 3.8) is 0 Å². The molecule has 0 aliphatic heterocycles. The Morgan fingerprint density at radius 1 is 1.29 bits per heavy atom. The molecule has 0 spiro atoms. The molecule has 2 nitrogen and oxygen atoms in total. The van der Waals surface area contributed by atoms with Crippen molar-refractivity contribution in [2.45, 2.75) is 63.8 Å². The van der Waals surface area contributed by atoms with Gasteiger partial charge < -0.3 is 0 Å². The Bertz CT molecular complexity index is 283. The Balaban J connectivity index is 2.00. The topological polar surface area (TPSA) is 20.3 Å². The zero-order valence-electron chi connectivity index (χ0n) is 11.7. The lowest BCUT2D eigenvalue weighted by molar-refractivity contribution is -0.133. The largest absolute Gasteiger partial charge is 0.298 e. The second-order valence-corrected chi connectivity index (χ2v) is 6.53. The van der Waals surface area contributed by atoms with Crippen LogP contribution in [-0.2, 0) is 4.79 Å². The van der Waals surface area contributed by atoms with E-state index >= 15 is 0 Å². The summed E-state index contributed by atoms with van der Waals surface area (Å²) in [6.07, 6.45) is 9.34. The predicted octanol–water partition coefficient (Wildman–Crippen LogP) is 3.26. The number of hydrogen-bond donors (Lipinski definition) is 0. The van der Waals surface area contributed by atoms with Crippen LogP contribution in [0.2, 0.25) is 0 Å². The SMILES string of the molecule is CC1CCCC(C(=O)CCC2CC2)(N(C)C)C1. The summed E-state index contributed by atoms with van der Waals surface area (Å²) in [5, 5.41) is 0. The Morgan fingerprint density at radius 3 is 2.53 bits per heavy atom. The van der Waals surface area contributed by atoms with E-state index in [9.17, 15) is 4.79 Å². The number of nitrogens with zero attached hydrogens (tertiary/aromatic N) is 1. The molecule has 0 N–H and O–H groups in total. The van der Waals surface area contributed by atoms with Crippen molar-refractivity contribution in [2.24, 2.45) is 11.8 Å². The second-order valence-electron chi connectivity index (χ2n) is 6.53. The third kappa shape index (κ3) is 2.90. The highest BCUT2D eigenvalue weighted by atomic mass is 16.1. The van der Waals surface area contributed by atoms with Crippen molar-refractivity contribution in [1.29, 1.82) is 0 Å². The monoisotopic (exact) mass is 237 g/mol. The van der Waals surface area contributed by atoms with Gasteiger partial charge >= 0.3 is 0 Å². The highest BCUT2D eigenvalue weighted by molar-refractivity contribution is 5.88. The third-order valence-corrected chi connectivity index (χ3v) is 4.83. The summed E-state index contributed by atoms with van der Waals surface area (Å²) in [4.78, 5) is 14.8. The molecule has 2 atom stereocenters. The highest BCUT2D eigenvalue weighted by Crippen LogP contribution is 2.39. The molecule has 0 aromatic heterocycles. The number of ketones is 1. The quantitative estimate of drug-likeness (QED) is 0.731. The van der Waals surface area contributed by atoms with Crippen LogP contribution < -0.4 is 0 Å². The van der Waals surface area contributed by atoms with E-state index in [0.717, 1.165) is 31.6 Å². The average molecular weight is 237 g/mol. The molecule has 0 aromatic carbocycles. The van der Waals surface area contributed by atoms with Crippen LogP contribution in [0.25, 0.3) is 0 Å². The van der Waals surface area contributed by atoms with Gasteiger partial charge in [0, 0.05) is 6.42 Å². The molecule has 2 heteroatoms. The van der Waals surface area contributed by atoms with E-state index in [0.29, 0.717) is 11.7 Å². The van der Waals surface area contributed by atoms with Gasteiger partial charge in [0.2, 0.25) is 0 Å². The number of rotatable bonds is 5. The van der Waals surface area contributed by atoms with Gasteiger partial charge in [0.25, 0.3) is 0 Å². The molecule has 98 valence electrons. The molecular formula is C15H27NO. The van der Waals surface area contributed by atoms with E-state index in [4.69, 9.17) is 0 Å². The molecule has 0 heterocycles. The maximum atomic E-state index is 12.6. The normalized spacial score (nSPS) is 34.0. The molecule has 0 saturated heterocycles. The first-order chi connectivity index (χ1) is 8.04. The molecule has 2 fully saturated rings. The number of likely N-dealkylation sites (N-methyl/N-ethyl adjacent to an activating group) is 1. The Morgan fingerprint density at radius 2 is 2.00 bits per heavy atom. The van der Waals surface area contributed by atoms with E-state index in [2.05, 4.69) is 25.9 Å². The minimum Gasteiger partial charge on any atom is -0.298 e. The smallest absolute Gasteiger partial charge is 0.153 e. The molecule has 0 amide bonds. The van der Waals surface area contributed by atoms with Gasteiger partial charge in [0.15, 0.2) is 5.78 Å². The molecule has 2 unspecified atom stereocenters. The van der Waals surface area contributed by atoms with Crippen molar-refractivity contribution in [1.82, 2.24) is 4.90 Å². The van der Waals surface area contributed by atoms with Gasteiger partial charge in [-0.2, -0.15) is 0 Å². The van der Waals surface area contributed by atoms with E-state index < -0.39 is 0 Å². The molecule has 2 aliphatic carbocycles. The predicted molar refractivity (Wildman–Crippen MR) is 71.0 cm³/mol. The Labute approximate surface area is 106 Å². The summed E-state index contributed by atoms with van der Waals surface area (Å²) in [6, 6.07) is 0. The van der Waals surface area contributed by atoms with Crippen molar-refractivity contribution < 1.29 is 4.79 Å². The van der Waals surface area contributed by atoms with Crippen molar-refractivity contribution >= 4 is 5.78 Å². The van der Waals surface area contributed by atoms with Crippen LogP contribution in [0.5, 0.6) is 0 Å². The maximum absolute atomic E-state index is 12.6. The van der Waals surface area contributed by atoms with Crippen LogP contribution in [0.4, 0.5) is 0 Å². The summed E-state index contributed by atoms with van der Waals surface area (Å²) < 4.78 is 0. The highest BCUT2D eigenvalue weighted by Gasteiger charge is 2.43. The first kappa shape index (κ1) is 13.1. The van der Waals surface area contributed by atoms with E-state index in [1.54, 1.807) is 0 Å². The van der Waals surface area contributed by atoms with Gasteiger partial charge in [0.1, 0.15) is 0 Å². The van der Waals surface area contributed by atoms with Gasteiger partial charge in [-0.1, -0.05) is 32.6 Å². The number of carbonyl (C=O) groups is 1. The number of hydrogen-bond acceptors (Lipinski definition) is 2. The van der Waals surface area contributed by atoms with Crippen molar-refractivity contribution in [3.8, 4) is 0 Å². The Kier molecular flexibility index (Phi) is 3.92. The molecule has 2 aliphatic rings. The molecule has 0 bridgehead atoms. The average Bonchev–Trinajstić information content (AvgIpc) is 3.09. The lowest BCUT2D eigenvalue weighted by atomic mass is 9.72. The molecule has 0 aromatic rings. The lowest BCUT2D eigenvalue weighted by Gasteiger charge is -2.44. The van der Waals surface area contributed by atoms with Crippen LogP contribution in [0.15, 0.2) is 0 Å². The fraction of sp³-hybridized carbons (Fsp3) is 0.933. The zero-order valence-corrected chi connectivity index (χ0v) is 11.7. The molecule has 0 radical (unpaired) electrons. The summed E-state index contributed by atoms with van der Waals surface area (Å²) in [6.45, 7) is 2.30. The van der Waals surface area contributed by atoms with Gasteiger partial charge in [-0.25, -0.2) is 0 Å². The zero-order chi connectivity index (χ0) is 12.5. The Hall–Kier alpha value is -0.370. The van der Waals surface area contributed by atoms with Crippen LogP contribution in [-0.4, -0.2) is 30.3 Å². The lowest BCUT2D eigenvalue weighted by Crippen LogP contribution is -2.53. The van der Waals surface area contributed by atoms with Crippen LogP contribution >= 0.6 is 0 Å². The van der Waals surface area contributed by atoms with Gasteiger partial charge in [-0.05, 0) is 45.2 Å². The fourth-order valence-electron chi connectivity index (χ4n) is 3.41. The summed E-state index contributed by atoms with van der Waals surface area (Å²) in [7, 11) is 4.18. The van der Waals surface area contributed by atoms with E-state index in [1.807, 2.05) is 0 Å². The second kappa shape index (κ2) is 5.09. The van der Waals surface area contributed by atoms with Crippen LogP contribution in [0, 0.1) is 11.8 Å². The minimum atomic E-state index is -0.132. The van der Waals surface area contributed by atoms with Crippen molar-refractivity contribution in [2.75, 3.05) is 14.1 Å². The van der Waals surface area contributed by atoms with Crippen LogP contribution in [0.1, 0.15) is 58.3 Å². The number of carbonyl (C=O) groups excluding carboxylic acids is 1. The molecule has 2 rings (SSSR count). The standard InChI is InChI=1S/C15H27NO/c1-12-5-4-10-15(11-12,16(2)3)14(17)9-8-13-6-7-13/h12-13H,4-11H2,1-3H3. The number of Topliss-reactive ketones (excluding diaryl/α,β-unsaturated/α-hetero) is 1. The van der Waals surface area contributed by atoms with Gasteiger partial charge in [0.05, 0.1) is 5.54 Å². The molecule has 2 saturated carbocycles. The third-order valence-electron chi connectivity index (χ3n) is 4.83. The van der Waals surface area contributed by atoms with Gasteiger partial charge in [-0.3, -0.25) is 9.69 Å².